The molecule has 24 heavy (non-hydrogen) atoms. The fourth-order valence-corrected chi connectivity index (χ4v) is 5.42. The molecule has 0 saturated heterocycles. The molecule has 3 aromatic heterocycles. The highest BCUT2D eigenvalue weighted by Crippen LogP contribution is 2.35. The molecule has 4 rings (SSSR count). The normalized spacial score (nSPS) is 13.8. The minimum Gasteiger partial charge on any atom is -0.361 e. The van der Waals surface area contributed by atoms with E-state index in [-0.39, 0.29) is 5.56 Å². The number of hydrogen-bond donors (Lipinski definition) is 0. The van der Waals surface area contributed by atoms with Gasteiger partial charge in [-0.2, -0.15) is 0 Å². The van der Waals surface area contributed by atoms with Crippen LogP contribution in [0.1, 0.15) is 41.7 Å². The summed E-state index contributed by atoms with van der Waals surface area (Å²) in [5, 5.41) is 5.67. The summed E-state index contributed by atoms with van der Waals surface area (Å²) >= 11 is 3.25. The minimum atomic E-state index is 0.125. The fraction of sp³-hybridized carbons (Fsp3) is 0.471. The van der Waals surface area contributed by atoms with Crippen LogP contribution in [0, 0.1) is 6.92 Å². The highest BCUT2D eigenvalue weighted by Gasteiger charge is 2.23. The summed E-state index contributed by atoms with van der Waals surface area (Å²) in [6, 6.07) is 1.92. The van der Waals surface area contributed by atoms with Crippen molar-refractivity contribution in [3.05, 3.63) is 38.3 Å². The molecule has 0 aromatic carbocycles. The van der Waals surface area contributed by atoms with Crippen LogP contribution < -0.4 is 5.56 Å². The Morgan fingerprint density at radius 3 is 3.04 bits per heavy atom. The van der Waals surface area contributed by atoms with Crippen LogP contribution in [0.5, 0.6) is 0 Å². The maximum absolute atomic E-state index is 13.1. The third kappa shape index (κ3) is 2.69. The highest BCUT2D eigenvalue weighted by atomic mass is 32.2. The zero-order chi connectivity index (χ0) is 16.7. The molecule has 0 fully saturated rings. The summed E-state index contributed by atoms with van der Waals surface area (Å²) in [5.74, 6) is 1.46. The number of aryl methyl sites for hydroxylation is 3. The first-order valence-corrected chi connectivity index (χ1v) is 10.1. The van der Waals surface area contributed by atoms with Crippen molar-refractivity contribution in [1.82, 2.24) is 14.7 Å². The van der Waals surface area contributed by atoms with Crippen LogP contribution in [0.4, 0.5) is 0 Å². The van der Waals surface area contributed by atoms with E-state index >= 15 is 0 Å². The molecule has 1 aliphatic rings. The van der Waals surface area contributed by atoms with Crippen LogP contribution >= 0.6 is 23.1 Å². The van der Waals surface area contributed by atoms with Crippen molar-refractivity contribution in [3.8, 4) is 0 Å². The van der Waals surface area contributed by atoms with E-state index in [0.717, 1.165) is 52.5 Å². The molecule has 126 valence electrons. The molecule has 0 radical (unpaired) electrons. The average molecular weight is 361 g/mol. The molecule has 3 aromatic rings. The summed E-state index contributed by atoms with van der Waals surface area (Å²) < 4.78 is 6.95. The van der Waals surface area contributed by atoms with E-state index in [0.29, 0.717) is 12.3 Å². The van der Waals surface area contributed by atoms with Crippen LogP contribution in [0.15, 0.2) is 20.5 Å². The topological polar surface area (TPSA) is 60.9 Å². The number of fused-ring (bicyclic) bond motifs is 3. The summed E-state index contributed by atoms with van der Waals surface area (Å²) in [4.78, 5) is 20.1. The molecule has 0 saturated carbocycles. The van der Waals surface area contributed by atoms with E-state index in [1.165, 1.54) is 10.4 Å². The minimum absolute atomic E-state index is 0.125. The first-order chi connectivity index (χ1) is 11.7. The van der Waals surface area contributed by atoms with E-state index in [9.17, 15) is 4.79 Å². The fourth-order valence-electron chi connectivity index (χ4n) is 3.21. The Labute approximate surface area is 148 Å². The van der Waals surface area contributed by atoms with E-state index in [2.05, 4.69) is 12.1 Å². The number of thiophene rings is 1. The van der Waals surface area contributed by atoms with Gasteiger partial charge >= 0.3 is 0 Å². The lowest BCUT2D eigenvalue weighted by atomic mass is 10.2. The molecule has 0 spiro atoms. The van der Waals surface area contributed by atoms with Crippen molar-refractivity contribution in [1.29, 1.82) is 0 Å². The molecule has 5 nitrogen and oxygen atoms in total. The Morgan fingerprint density at radius 1 is 1.42 bits per heavy atom. The molecule has 0 atom stereocenters. The Morgan fingerprint density at radius 2 is 2.29 bits per heavy atom. The molecule has 3 heterocycles. The van der Waals surface area contributed by atoms with E-state index in [1.807, 2.05) is 17.6 Å². The molecule has 1 aliphatic carbocycles. The van der Waals surface area contributed by atoms with E-state index < -0.39 is 0 Å². The predicted octanol–water partition coefficient (Wildman–Crippen LogP) is 3.95. The second-order valence-electron chi connectivity index (χ2n) is 6.11. The lowest BCUT2D eigenvalue weighted by Gasteiger charge is -2.10. The Bertz CT molecular complexity index is 955. The average Bonchev–Trinajstić information content (AvgIpc) is 3.24. The van der Waals surface area contributed by atoms with E-state index in [4.69, 9.17) is 9.51 Å². The van der Waals surface area contributed by atoms with Crippen LogP contribution in [-0.2, 0) is 25.1 Å². The van der Waals surface area contributed by atoms with Gasteiger partial charge in [0.15, 0.2) is 5.16 Å². The van der Waals surface area contributed by atoms with Gasteiger partial charge in [-0.25, -0.2) is 4.98 Å². The number of nitrogens with zero attached hydrogens (tertiary/aromatic N) is 3. The number of thioether (sulfide) groups is 1. The second kappa shape index (κ2) is 6.37. The monoisotopic (exact) mass is 361 g/mol. The molecule has 0 amide bonds. The zero-order valence-electron chi connectivity index (χ0n) is 13.8. The summed E-state index contributed by atoms with van der Waals surface area (Å²) in [5.41, 5.74) is 2.25. The van der Waals surface area contributed by atoms with Crippen molar-refractivity contribution in [2.45, 2.75) is 57.0 Å². The van der Waals surface area contributed by atoms with Gasteiger partial charge in [-0.1, -0.05) is 23.8 Å². The third-order valence-electron chi connectivity index (χ3n) is 4.26. The summed E-state index contributed by atoms with van der Waals surface area (Å²) in [6.45, 7) is 4.67. The van der Waals surface area contributed by atoms with Gasteiger partial charge in [0.1, 0.15) is 10.6 Å². The zero-order valence-corrected chi connectivity index (χ0v) is 15.4. The second-order valence-corrected chi connectivity index (χ2v) is 8.13. The first kappa shape index (κ1) is 15.9. The van der Waals surface area contributed by atoms with Crippen molar-refractivity contribution < 1.29 is 4.52 Å². The van der Waals surface area contributed by atoms with Gasteiger partial charge in [0.25, 0.3) is 5.56 Å². The molecule has 0 unspecified atom stereocenters. The lowest BCUT2D eigenvalue weighted by molar-refractivity contribution is 0.393. The quantitative estimate of drug-likeness (QED) is 0.509. The molecule has 0 aliphatic heterocycles. The Balaban J connectivity index is 1.76. The summed E-state index contributed by atoms with van der Waals surface area (Å²) in [7, 11) is 0. The molecule has 7 heteroatoms. The highest BCUT2D eigenvalue weighted by molar-refractivity contribution is 7.98. The van der Waals surface area contributed by atoms with Crippen LogP contribution in [0.3, 0.4) is 0 Å². The van der Waals surface area contributed by atoms with Gasteiger partial charge in [0.2, 0.25) is 0 Å². The Hall–Kier alpha value is -1.60. The molecule has 0 bridgehead atoms. The van der Waals surface area contributed by atoms with Gasteiger partial charge < -0.3 is 4.52 Å². The van der Waals surface area contributed by atoms with Crippen molar-refractivity contribution in [2.75, 3.05) is 0 Å². The first-order valence-electron chi connectivity index (χ1n) is 8.27. The van der Waals surface area contributed by atoms with Gasteiger partial charge in [-0.05, 0) is 38.2 Å². The molecule has 0 N–H and O–H groups in total. The van der Waals surface area contributed by atoms with Crippen molar-refractivity contribution >= 4 is 33.3 Å². The largest absolute Gasteiger partial charge is 0.361 e. The lowest BCUT2D eigenvalue weighted by Crippen LogP contribution is -2.23. The summed E-state index contributed by atoms with van der Waals surface area (Å²) in [6.07, 6.45) is 4.18. The van der Waals surface area contributed by atoms with Gasteiger partial charge in [-0.15, -0.1) is 11.3 Å². The maximum atomic E-state index is 13.1. The number of hydrogen-bond acceptors (Lipinski definition) is 6. The SMILES string of the molecule is CCCn1c(SCc2cc(C)on2)nc2sc3c(c2c1=O)CCC3. The third-order valence-corrected chi connectivity index (χ3v) is 6.46. The molecular formula is C17H19N3O2S2. The van der Waals surface area contributed by atoms with Crippen molar-refractivity contribution in [3.63, 3.8) is 0 Å². The van der Waals surface area contributed by atoms with Crippen LogP contribution in [0.2, 0.25) is 0 Å². The Kier molecular flexibility index (Phi) is 4.22. The van der Waals surface area contributed by atoms with Crippen molar-refractivity contribution in [2.24, 2.45) is 0 Å². The van der Waals surface area contributed by atoms with Crippen LogP contribution in [-0.4, -0.2) is 14.7 Å². The maximum Gasteiger partial charge on any atom is 0.263 e. The van der Waals surface area contributed by atoms with E-state index in [1.54, 1.807) is 23.1 Å². The van der Waals surface area contributed by atoms with Crippen LogP contribution in [0.25, 0.3) is 10.2 Å². The standard InChI is InChI=1S/C17H19N3O2S2/c1-3-7-20-16(21)14-12-5-4-6-13(12)24-15(14)18-17(20)23-9-11-8-10(2)22-19-11/h8H,3-7,9H2,1-2H3. The predicted molar refractivity (Wildman–Crippen MR) is 97.0 cm³/mol. The van der Waals surface area contributed by atoms with Gasteiger partial charge in [-0.3, -0.25) is 9.36 Å². The van der Waals surface area contributed by atoms with Gasteiger partial charge in [0.05, 0.1) is 11.1 Å². The number of aromatic nitrogens is 3. The molecular weight excluding hydrogens is 342 g/mol. The van der Waals surface area contributed by atoms with Gasteiger partial charge in [0, 0.05) is 23.2 Å². The number of rotatable bonds is 5. The smallest absolute Gasteiger partial charge is 0.263 e.